The van der Waals surface area contributed by atoms with Gasteiger partial charge in [0.2, 0.25) is 0 Å². The number of aromatic nitrogens is 2. The lowest BCUT2D eigenvalue weighted by Gasteiger charge is -2.31. The molecule has 1 aliphatic heterocycles. The highest BCUT2D eigenvalue weighted by Crippen LogP contribution is 2.35. The molecule has 4 rings (SSSR count). The fraction of sp³-hybridized carbons (Fsp3) is 0.364. The van der Waals surface area contributed by atoms with Crippen molar-refractivity contribution >= 4 is 17.1 Å². The van der Waals surface area contributed by atoms with Crippen LogP contribution in [0.15, 0.2) is 42.9 Å². The van der Waals surface area contributed by atoms with Crippen LogP contribution < -0.4 is 4.74 Å². The minimum absolute atomic E-state index is 0.533. The van der Waals surface area contributed by atoms with Crippen LogP contribution in [0.4, 0.5) is 0 Å². The summed E-state index contributed by atoms with van der Waals surface area (Å²) in [5.41, 5.74) is 3.30. The minimum atomic E-state index is 0.533. The molecule has 5 nitrogen and oxygen atoms in total. The van der Waals surface area contributed by atoms with E-state index < -0.39 is 0 Å². The molecule has 1 saturated heterocycles. The second kappa shape index (κ2) is 8.22. The number of ether oxygens (including phenoxy) is 1. The Balaban J connectivity index is 1.63. The van der Waals surface area contributed by atoms with Crippen LogP contribution in [-0.2, 0) is 0 Å². The Kier molecular flexibility index (Phi) is 5.52. The molecule has 0 amide bonds. The van der Waals surface area contributed by atoms with Gasteiger partial charge in [-0.3, -0.25) is 4.40 Å². The van der Waals surface area contributed by atoms with Crippen molar-refractivity contribution in [3.8, 4) is 22.9 Å². The zero-order valence-corrected chi connectivity index (χ0v) is 16.7. The summed E-state index contributed by atoms with van der Waals surface area (Å²) in [4.78, 5) is 6.73. The fourth-order valence-corrected chi connectivity index (χ4v) is 4.15. The molecule has 2 aromatic heterocycles. The average molecular weight is 395 g/mol. The van der Waals surface area contributed by atoms with Crippen molar-refractivity contribution in [1.29, 1.82) is 5.26 Å². The number of nitriles is 1. The molecule has 144 valence electrons. The normalized spacial score (nSPS) is 17.5. The summed E-state index contributed by atoms with van der Waals surface area (Å²) in [5.74, 6) is 1.32. The van der Waals surface area contributed by atoms with Crippen molar-refractivity contribution in [2.75, 3.05) is 26.2 Å². The quantitative estimate of drug-likeness (QED) is 0.591. The van der Waals surface area contributed by atoms with Gasteiger partial charge in [-0.2, -0.15) is 5.26 Å². The predicted octanol–water partition coefficient (Wildman–Crippen LogP) is 4.64. The number of fused-ring (bicyclic) bond motifs is 1. The summed E-state index contributed by atoms with van der Waals surface area (Å²) in [6.07, 6.45) is 5.91. The summed E-state index contributed by atoms with van der Waals surface area (Å²) >= 11 is 6.65. The van der Waals surface area contributed by atoms with Gasteiger partial charge in [0.1, 0.15) is 22.7 Å². The fourth-order valence-electron chi connectivity index (χ4n) is 3.85. The first kappa shape index (κ1) is 18.8. The standard InChI is InChI=1S/C22H23ClN4O/c1-2-26-9-3-4-17(13-26)14-28-21-10-19(18-7-5-16(11-24)6-8-18)22(23)27-15-25-12-20(21)27/h5-8,10,12,15,17H,2-4,9,13-14H2,1H3/t17-/m1/s1. The van der Waals surface area contributed by atoms with Gasteiger partial charge in [0.25, 0.3) is 0 Å². The van der Waals surface area contributed by atoms with Crippen LogP contribution in [0, 0.1) is 17.2 Å². The van der Waals surface area contributed by atoms with E-state index in [1.54, 1.807) is 24.7 Å². The van der Waals surface area contributed by atoms with Crippen molar-refractivity contribution in [2.24, 2.45) is 5.92 Å². The Hall–Kier alpha value is -2.55. The van der Waals surface area contributed by atoms with Crippen molar-refractivity contribution < 1.29 is 4.74 Å². The molecule has 1 atom stereocenters. The molecular weight excluding hydrogens is 372 g/mol. The van der Waals surface area contributed by atoms with Crippen LogP contribution in [0.1, 0.15) is 25.3 Å². The third-order valence-corrected chi connectivity index (χ3v) is 5.84. The molecule has 1 aliphatic rings. The van der Waals surface area contributed by atoms with Gasteiger partial charge in [-0.25, -0.2) is 4.98 Å². The number of halogens is 1. The molecular formula is C22H23ClN4O. The van der Waals surface area contributed by atoms with Gasteiger partial charge in [-0.15, -0.1) is 0 Å². The van der Waals surface area contributed by atoms with E-state index in [0.717, 1.165) is 35.5 Å². The van der Waals surface area contributed by atoms with E-state index in [9.17, 15) is 0 Å². The molecule has 0 unspecified atom stereocenters. The maximum atomic E-state index is 9.03. The Morgan fingerprint density at radius 2 is 2.14 bits per heavy atom. The van der Waals surface area contributed by atoms with Crippen molar-refractivity contribution in [2.45, 2.75) is 19.8 Å². The Morgan fingerprint density at radius 3 is 2.89 bits per heavy atom. The highest BCUT2D eigenvalue weighted by atomic mass is 35.5. The van der Waals surface area contributed by atoms with Crippen LogP contribution in [-0.4, -0.2) is 40.5 Å². The van der Waals surface area contributed by atoms with E-state index in [4.69, 9.17) is 21.6 Å². The molecule has 1 aromatic carbocycles. The van der Waals surface area contributed by atoms with Crippen LogP contribution in [0.3, 0.4) is 0 Å². The highest BCUT2D eigenvalue weighted by Gasteiger charge is 2.20. The Labute approximate surface area is 170 Å². The minimum Gasteiger partial charge on any atom is -0.491 e. The zero-order valence-electron chi connectivity index (χ0n) is 15.9. The van der Waals surface area contributed by atoms with Crippen LogP contribution >= 0.6 is 11.6 Å². The molecule has 0 bridgehead atoms. The molecule has 28 heavy (non-hydrogen) atoms. The number of rotatable bonds is 5. The molecule has 0 saturated carbocycles. The molecule has 6 heteroatoms. The smallest absolute Gasteiger partial charge is 0.145 e. The third kappa shape index (κ3) is 3.71. The number of pyridine rings is 1. The number of nitrogens with zero attached hydrogens (tertiary/aromatic N) is 4. The maximum Gasteiger partial charge on any atom is 0.145 e. The van der Waals surface area contributed by atoms with Crippen LogP contribution in [0.2, 0.25) is 5.15 Å². The second-order valence-electron chi connectivity index (χ2n) is 7.26. The van der Waals surface area contributed by atoms with Crippen LogP contribution in [0.5, 0.6) is 5.75 Å². The highest BCUT2D eigenvalue weighted by molar-refractivity contribution is 6.32. The number of hydrogen-bond donors (Lipinski definition) is 0. The van der Waals surface area contributed by atoms with Gasteiger partial charge in [0, 0.05) is 18.0 Å². The number of benzene rings is 1. The van der Waals surface area contributed by atoms with Gasteiger partial charge in [0.15, 0.2) is 0 Å². The summed E-state index contributed by atoms with van der Waals surface area (Å²) in [7, 11) is 0. The molecule has 3 aromatic rings. The largest absolute Gasteiger partial charge is 0.491 e. The number of piperidine rings is 1. The van der Waals surface area contributed by atoms with Gasteiger partial charge < -0.3 is 9.64 Å². The van der Waals surface area contributed by atoms with Gasteiger partial charge >= 0.3 is 0 Å². The first-order chi connectivity index (χ1) is 13.7. The molecule has 0 radical (unpaired) electrons. The topological polar surface area (TPSA) is 53.6 Å². The van der Waals surface area contributed by atoms with E-state index in [1.165, 1.54) is 19.4 Å². The lowest BCUT2D eigenvalue weighted by atomic mass is 9.99. The number of hydrogen-bond acceptors (Lipinski definition) is 4. The van der Waals surface area contributed by atoms with Crippen molar-refractivity contribution in [3.05, 3.63) is 53.6 Å². The van der Waals surface area contributed by atoms with E-state index in [2.05, 4.69) is 22.9 Å². The zero-order chi connectivity index (χ0) is 19.5. The number of imidazole rings is 1. The Morgan fingerprint density at radius 1 is 1.32 bits per heavy atom. The first-order valence-corrected chi connectivity index (χ1v) is 10.1. The average Bonchev–Trinajstić information content (AvgIpc) is 3.24. The summed E-state index contributed by atoms with van der Waals surface area (Å²) in [5, 5.41) is 9.61. The van der Waals surface area contributed by atoms with E-state index in [-0.39, 0.29) is 0 Å². The second-order valence-corrected chi connectivity index (χ2v) is 7.62. The van der Waals surface area contributed by atoms with Gasteiger partial charge in [-0.1, -0.05) is 30.7 Å². The molecule has 0 aliphatic carbocycles. The SMILES string of the molecule is CCN1CCC[C@@H](COc2cc(-c3ccc(C#N)cc3)c(Cl)n3cncc23)C1. The Bertz CT molecular complexity index is 1010. The number of likely N-dealkylation sites (tertiary alicyclic amines) is 1. The van der Waals surface area contributed by atoms with E-state index >= 15 is 0 Å². The summed E-state index contributed by atoms with van der Waals surface area (Å²) < 4.78 is 8.12. The van der Waals surface area contributed by atoms with Crippen LogP contribution in [0.25, 0.3) is 16.6 Å². The third-order valence-electron chi connectivity index (χ3n) is 5.45. The van der Waals surface area contributed by atoms with Gasteiger partial charge in [0.05, 0.1) is 24.4 Å². The van der Waals surface area contributed by atoms with Gasteiger partial charge in [-0.05, 0) is 49.7 Å². The summed E-state index contributed by atoms with van der Waals surface area (Å²) in [6.45, 7) is 6.26. The molecule has 3 heterocycles. The van der Waals surface area contributed by atoms with E-state index in [0.29, 0.717) is 23.2 Å². The molecule has 0 spiro atoms. The molecule has 0 N–H and O–H groups in total. The molecule has 1 fully saturated rings. The van der Waals surface area contributed by atoms with Crippen molar-refractivity contribution in [3.63, 3.8) is 0 Å². The lowest BCUT2D eigenvalue weighted by molar-refractivity contribution is 0.135. The van der Waals surface area contributed by atoms with Crippen molar-refractivity contribution in [1.82, 2.24) is 14.3 Å². The lowest BCUT2D eigenvalue weighted by Crippen LogP contribution is -2.37. The maximum absolute atomic E-state index is 9.03. The first-order valence-electron chi connectivity index (χ1n) is 9.70. The predicted molar refractivity (Wildman–Crippen MR) is 111 cm³/mol. The summed E-state index contributed by atoms with van der Waals surface area (Å²) in [6, 6.07) is 11.5. The monoisotopic (exact) mass is 394 g/mol. The van der Waals surface area contributed by atoms with E-state index in [1.807, 2.05) is 22.6 Å².